The standard InChI is InChI=1S/C10H21Cl2N2/c1-9(14(2,3)4)6-8-13-10(12)5-7-11/h9H,5-8H2,1-4H3/q+1. The summed E-state index contributed by atoms with van der Waals surface area (Å²) in [6.45, 7) is 3.03. The Hall–Kier alpha value is 0.210. The van der Waals surface area contributed by atoms with Gasteiger partial charge in [0.05, 0.1) is 27.2 Å². The minimum absolute atomic E-state index is 0.549. The molecule has 1 atom stereocenters. The number of halogens is 2. The molecule has 0 saturated heterocycles. The molecule has 0 rings (SSSR count). The molecule has 0 bridgehead atoms. The lowest BCUT2D eigenvalue weighted by molar-refractivity contribution is -0.894. The Bertz CT molecular complexity index is 185. The Morgan fingerprint density at radius 3 is 2.36 bits per heavy atom. The van der Waals surface area contributed by atoms with Crippen molar-refractivity contribution in [2.75, 3.05) is 33.6 Å². The number of quaternary nitrogens is 1. The Morgan fingerprint density at radius 2 is 1.93 bits per heavy atom. The molecule has 0 aliphatic carbocycles. The van der Waals surface area contributed by atoms with Gasteiger partial charge < -0.3 is 4.48 Å². The minimum atomic E-state index is 0.549. The molecule has 0 aromatic heterocycles. The van der Waals surface area contributed by atoms with Crippen LogP contribution in [0, 0.1) is 0 Å². The van der Waals surface area contributed by atoms with Crippen LogP contribution in [0.5, 0.6) is 0 Å². The first-order valence-electron chi connectivity index (χ1n) is 4.94. The quantitative estimate of drug-likeness (QED) is 0.384. The fourth-order valence-electron chi connectivity index (χ4n) is 0.917. The van der Waals surface area contributed by atoms with E-state index in [2.05, 4.69) is 33.1 Å². The highest BCUT2D eigenvalue weighted by Crippen LogP contribution is 2.07. The molecule has 84 valence electrons. The smallest absolute Gasteiger partial charge is 0.101 e. The molecule has 2 nitrogen and oxygen atoms in total. The summed E-state index contributed by atoms with van der Waals surface area (Å²) in [6, 6.07) is 0.596. The van der Waals surface area contributed by atoms with Crippen molar-refractivity contribution in [1.29, 1.82) is 0 Å². The minimum Gasteiger partial charge on any atom is -0.329 e. The van der Waals surface area contributed by atoms with E-state index >= 15 is 0 Å². The summed E-state index contributed by atoms with van der Waals surface area (Å²) in [5.41, 5.74) is 0. The zero-order valence-electron chi connectivity index (χ0n) is 9.56. The van der Waals surface area contributed by atoms with E-state index in [0.29, 0.717) is 23.5 Å². The SMILES string of the molecule is CC(CCN=C(Cl)CCCl)[N+](C)(C)C. The van der Waals surface area contributed by atoms with Gasteiger partial charge in [0.15, 0.2) is 0 Å². The fraction of sp³-hybridized carbons (Fsp3) is 0.900. The van der Waals surface area contributed by atoms with Crippen LogP contribution in [0.1, 0.15) is 19.8 Å². The highest BCUT2D eigenvalue weighted by Gasteiger charge is 2.16. The van der Waals surface area contributed by atoms with Crippen molar-refractivity contribution in [1.82, 2.24) is 0 Å². The third-order valence-corrected chi connectivity index (χ3v) is 2.95. The average Bonchev–Trinajstić information content (AvgIpc) is 2.02. The average molecular weight is 240 g/mol. The monoisotopic (exact) mass is 239 g/mol. The van der Waals surface area contributed by atoms with Crippen molar-refractivity contribution in [2.24, 2.45) is 4.99 Å². The third-order valence-electron chi connectivity index (χ3n) is 2.45. The Kier molecular flexibility index (Phi) is 6.75. The van der Waals surface area contributed by atoms with E-state index in [1.807, 2.05) is 0 Å². The Labute approximate surface area is 97.5 Å². The molecule has 0 aliphatic heterocycles. The van der Waals surface area contributed by atoms with Crippen LogP contribution in [0.15, 0.2) is 4.99 Å². The van der Waals surface area contributed by atoms with Crippen molar-refractivity contribution in [3.05, 3.63) is 0 Å². The molecule has 1 unspecified atom stereocenters. The molecule has 0 aliphatic rings. The van der Waals surface area contributed by atoms with Gasteiger partial charge >= 0.3 is 0 Å². The summed E-state index contributed by atoms with van der Waals surface area (Å²) in [5, 5.41) is 0.647. The maximum absolute atomic E-state index is 5.84. The van der Waals surface area contributed by atoms with E-state index in [1.54, 1.807) is 0 Å². The largest absolute Gasteiger partial charge is 0.329 e. The van der Waals surface area contributed by atoms with E-state index in [-0.39, 0.29) is 0 Å². The summed E-state index contributed by atoms with van der Waals surface area (Å²) < 4.78 is 0.961. The summed E-state index contributed by atoms with van der Waals surface area (Å²) >= 11 is 11.4. The first kappa shape index (κ1) is 14.2. The fourth-order valence-corrected chi connectivity index (χ4v) is 1.37. The molecule has 0 radical (unpaired) electrons. The van der Waals surface area contributed by atoms with Gasteiger partial charge in [-0.2, -0.15) is 0 Å². The number of rotatable bonds is 6. The lowest BCUT2D eigenvalue weighted by Crippen LogP contribution is -2.43. The molecule has 0 N–H and O–H groups in total. The molecule has 0 aromatic carbocycles. The van der Waals surface area contributed by atoms with Gasteiger partial charge in [-0.1, -0.05) is 11.6 Å². The van der Waals surface area contributed by atoms with Crippen LogP contribution in [-0.2, 0) is 0 Å². The number of hydrogen-bond donors (Lipinski definition) is 0. The van der Waals surface area contributed by atoms with Crippen LogP contribution in [-0.4, -0.2) is 49.3 Å². The predicted molar refractivity (Wildman–Crippen MR) is 65.6 cm³/mol. The maximum Gasteiger partial charge on any atom is 0.101 e. The third kappa shape index (κ3) is 6.63. The highest BCUT2D eigenvalue weighted by atomic mass is 35.5. The molecule has 0 aromatic rings. The number of hydrogen-bond acceptors (Lipinski definition) is 1. The van der Waals surface area contributed by atoms with Gasteiger partial charge in [-0.05, 0) is 6.92 Å². The summed E-state index contributed by atoms with van der Waals surface area (Å²) in [7, 11) is 6.57. The van der Waals surface area contributed by atoms with Crippen LogP contribution in [0.3, 0.4) is 0 Å². The van der Waals surface area contributed by atoms with Gasteiger partial charge in [-0.15, -0.1) is 11.6 Å². The molecule has 14 heavy (non-hydrogen) atoms. The molecule has 0 saturated carbocycles. The topological polar surface area (TPSA) is 12.4 Å². The molecule has 4 heteroatoms. The molecule has 0 fully saturated rings. The van der Waals surface area contributed by atoms with E-state index in [0.717, 1.165) is 17.4 Å². The van der Waals surface area contributed by atoms with Crippen molar-refractivity contribution < 1.29 is 4.48 Å². The summed E-state index contributed by atoms with van der Waals surface area (Å²) in [4.78, 5) is 4.26. The Balaban J connectivity index is 3.79. The summed E-state index contributed by atoms with van der Waals surface area (Å²) in [6.07, 6.45) is 1.74. The second-order valence-electron chi connectivity index (χ2n) is 4.45. The van der Waals surface area contributed by atoms with E-state index < -0.39 is 0 Å². The predicted octanol–water partition coefficient (Wildman–Crippen LogP) is 2.74. The van der Waals surface area contributed by atoms with Gasteiger partial charge in [0, 0.05) is 25.3 Å². The lowest BCUT2D eigenvalue weighted by Gasteiger charge is -2.31. The van der Waals surface area contributed by atoms with Crippen LogP contribution >= 0.6 is 23.2 Å². The van der Waals surface area contributed by atoms with Crippen LogP contribution in [0.25, 0.3) is 0 Å². The van der Waals surface area contributed by atoms with Gasteiger partial charge in [-0.25, -0.2) is 0 Å². The number of alkyl halides is 1. The highest BCUT2D eigenvalue weighted by molar-refractivity contribution is 6.65. The van der Waals surface area contributed by atoms with Crippen LogP contribution < -0.4 is 0 Å². The first-order valence-corrected chi connectivity index (χ1v) is 5.85. The van der Waals surface area contributed by atoms with Crippen molar-refractivity contribution in [3.63, 3.8) is 0 Å². The van der Waals surface area contributed by atoms with Gasteiger partial charge in [0.1, 0.15) is 5.17 Å². The Morgan fingerprint density at radius 1 is 1.36 bits per heavy atom. The van der Waals surface area contributed by atoms with Gasteiger partial charge in [0.2, 0.25) is 0 Å². The number of aliphatic imine (C=N–C) groups is 1. The normalized spacial score (nSPS) is 15.7. The summed E-state index contributed by atoms with van der Waals surface area (Å²) in [5.74, 6) is 0.549. The zero-order valence-corrected chi connectivity index (χ0v) is 11.1. The van der Waals surface area contributed by atoms with Crippen molar-refractivity contribution in [3.8, 4) is 0 Å². The number of nitrogens with zero attached hydrogens (tertiary/aromatic N) is 2. The second-order valence-corrected chi connectivity index (χ2v) is 5.27. The molecule has 0 heterocycles. The molecular weight excluding hydrogens is 219 g/mol. The van der Waals surface area contributed by atoms with Crippen molar-refractivity contribution in [2.45, 2.75) is 25.8 Å². The molecular formula is C10H21Cl2N2+. The first-order chi connectivity index (χ1) is 6.38. The lowest BCUT2D eigenvalue weighted by atomic mass is 10.2. The van der Waals surface area contributed by atoms with Crippen molar-refractivity contribution >= 4 is 28.4 Å². The van der Waals surface area contributed by atoms with Crippen LogP contribution in [0.2, 0.25) is 0 Å². The second kappa shape index (κ2) is 6.65. The van der Waals surface area contributed by atoms with E-state index in [9.17, 15) is 0 Å². The van der Waals surface area contributed by atoms with E-state index in [4.69, 9.17) is 23.2 Å². The molecule has 0 amide bonds. The van der Waals surface area contributed by atoms with E-state index in [1.165, 1.54) is 0 Å². The van der Waals surface area contributed by atoms with Crippen LogP contribution in [0.4, 0.5) is 0 Å². The van der Waals surface area contributed by atoms with Gasteiger partial charge in [-0.3, -0.25) is 4.99 Å². The molecule has 0 spiro atoms. The van der Waals surface area contributed by atoms with Gasteiger partial charge in [0.25, 0.3) is 0 Å². The maximum atomic E-state index is 5.84. The zero-order chi connectivity index (χ0) is 11.2.